The highest BCUT2D eigenvalue weighted by atomic mass is 14.9. The molecule has 10 aromatic rings. The van der Waals surface area contributed by atoms with E-state index >= 15 is 0 Å². The SMILES string of the molecule is CC1(C)c2cc3ccccc3cc2-c2c(-c3c(-c4nc(-c5ccc(-c6ccccc6)cc5)cc(-c5ccc(-c6ccccc6)cc5)n4)ccc4ccccc34)cccc21. The van der Waals surface area contributed by atoms with Crippen LogP contribution in [-0.2, 0) is 5.41 Å². The summed E-state index contributed by atoms with van der Waals surface area (Å²) < 4.78 is 0. The maximum atomic E-state index is 5.46. The first-order valence-electron chi connectivity index (χ1n) is 20.4. The summed E-state index contributed by atoms with van der Waals surface area (Å²) in [5.41, 5.74) is 17.1. The van der Waals surface area contributed by atoms with Gasteiger partial charge in [-0.05, 0) is 95.9 Å². The van der Waals surface area contributed by atoms with Crippen LogP contribution in [0.5, 0.6) is 0 Å². The summed E-state index contributed by atoms with van der Waals surface area (Å²) in [5.74, 6) is 0.700. The molecule has 0 unspecified atom stereocenters. The molecule has 9 aromatic carbocycles. The number of fused-ring (bicyclic) bond motifs is 5. The first-order chi connectivity index (χ1) is 29.0. The number of nitrogens with zero attached hydrogens (tertiary/aromatic N) is 2. The first-order valence-corrected chi connectivity index (χ1v) is 20.4. The van der Waals surface area contributed by atoms with Gasteiger partial charge in [0.2, 0.25) is 0 Å². The minimum atomic E-state index is -0.170. The second-order valence-corrected chi connectivity index (χ2v) is 16.2. The molecule has 1 aliphatic carbocycles. The number of hydrogen-bond donors (Lipinski definition) is 0. The molecule has 0 spiro atoms. The molecule has 0 radical (unpaired) electrons. The fourth-order valence-corrected chi connectivity index (χ4v) is 9.22. The smallest absolute Gasteiger partial charge is 0.161 e. The molecule has 2 nitrogen and oxygen atoms in total. The van der Waals surface area contributed by atoms with Crippen LogP contribution in [0.2, 0.25) is 0 Å². The Labute approximate surface area is 345 Å². The van der Waals surface area contributed by atoms with Gasteiger partial charge in [0.05, 0.1) is 11.4 Å². The van der Waals surface area contributed by atoms with Gasteiger partial charge in [-0.25, -0.2) is 9.97 Å². The summed E-state index contributed by atoms with van der Waals surface area (Å²) in [6.07, 6.45) is 0. The van der Waals surface area contributed by atoms with Crippen LogP contribution >= 0.6 is 0 Å². The standard InChI is InChI=1S/C57H40N2/c1-57(2)50-23-13-22-47(55(50)49-34-44-19-9-10-20-45(44)35-51(49)57)54-46-21-12-11-18-41(46)32-33-48(54)56-58-52(42-28-24-39(25-29-42)37-14-5-3-6-15-37)36-53(59-56)43-30-26-40(27-31-43)38-16-7-4-8-17-38/h3-36H,1-2H3. The number of aromatic nitrogens is 2. The molecule has 11 rings (SSSR count). The van der Waals surface area contributed by atoms with Crippen LogP contribution in [0.3, 0.4) is 0 Å². The lowest BCUT2D eigenvalue weighted by molar-refractivity contribution is 0.661. The van der Waals surface area contributed by atoms with E-state index < -0.39 is 0 Å². The summed E-state index contributed by atoms with van der Waals surface area (Å²) in [6.45, 7) is 4.73. The van der Waals surface area contributed by atoms with Gasteiger partial charge < -0.3 is 0 Å². The summed E-state index contributed by atoms with van der Waals surface area (Å²) in [7, 11) is 0. The van der Waals surface area contributed by atoms with Gasteiger partial charge in [-0.2, -0.15) is 0 Å². The lowest BCUT2D eigenvalue weighted by Crippen LogP contribution is -2.14. The minimum Gasteiger partial charge on any atom is -0.228 e. The highest BCUT2D eigenvalue weighted by Gasteiger charge is 2.37. The lowest BCUT2D eigenvalue weighted by atomic mass is 9.81. The molecule has 1 heterocycles. The van der Waals surface area contributed by atoms with E-state index in [-0.39, 0.29) is 5.41 Å². The van der Waals surface area contributed by atoms with E-state index in [0.717, 1.165) is 33.6 Å². The van der Waals surface area contributed by atoms with Crippen molar-refractivity contribution in [2.45, 2.75) is 19.3 Å². The van der Waals surface area contributed by atoms with Crippen molar-refractivity contribution in [1.82, 2.24) is 9.97 Å². The Balaban J connectivity index is 1.14. The van der Waals surface area contributed by atoms with Crippen LogP contribution in [-0.4, -0.2) is 9.97 Å². The zero-order valence-electron chi connectivity index (χ0n) is 33.0. The van der Waals surface area contributed by atoms with Crippen molar-refractivity contribution >= 4 is 21.5 Å². The van der Waals surface area contributed by atoms with Gasteiger partial charge in [0.1, 0.15) is 0 Å². The zero-order valence-corrected chi connectivity index (χ0v) is 33.0. The first kappa shape index (κ1) is 34.8. The molecule has 0 saturated heterocycles. The topological polar surface area (TPSA) is 25.8 Å². The highest BCUT2D eigenvalue weighted by Crippen LogP contribution is 2.54. The molecule has 0 N–H and O–H groups in total. The van der Waals surface area contributed by atoms with Crippen molar-refractivity contribution in [3.05, 3.63) is 217 Å². The Morgan fingerprint density at radius 1 is 0.322 bits per heavy atom. The number of hydrogen-bond acceptors (Lipinski definition) is 2. The summed E-state index contributed by atoms with van der Waals surface area (Å²) in [4.78, 5) is 10.9. The average molecular weight is 753 g/mol. The molecule has 59 heavy (non-hydrogen) atoms. The molecule has 0 aliphatic heterocycles. The van der Waals surface area contributed by atoms with Crippen LogP contribution in [0.15, 0.2) is 206 Å². The quantitative estimate of drug-likeness (QED) is 0.169. The molecule has 278 valence electrons. The molecule has 0 saturated carbocycles. The maximum absolute atomic E-state index is 5.46. The predicted octanol–water partition coefficient (Wildman–Crippen LogP) is 15.1. The van der Waals surface area contributed by atoms with E-state index in [1.165, 1.54) is 71.6 Å². The van der Waals surface area contributed by atoms with E-state index in [0.29, 0.717) is 5.82 Å². The second-order valence-electron chi connectivity index (χ2n) is 16.2. The summed E-state index contributed by atoms with van der Waals surface area (Å²) in [6, 6.07) is 74.3. The normalized spacial score (nSPS) is 12.7. The highest BCUT2D eigenvalue weighted by molar-refractivity contribution is 6.09. The third kappa shape index (κ3) is 5.96. The van der Waals surface area contributed by atoms with Crippen LogP contribution in [0.4, 0.5) is 0 Å². The van der Waals surface area contributed by atoms with Gasteiger partial charge in [0.15, 0.2) is 5.82 Å². The van der Waals surface area contributed by atoms with E-state index in [1.54, 1.807) is 0 Å². The molecule has 0 amide bonds. The summed E-state index contributed by atoms with van der Waals surface area (Å²) in [5, 5.41) is 4.88. The van der Waals surface area contributed by atoms with Crippen LogP contribution in [0, 0.1) is 0 Å². The molecule has 0 bridgehead atoms. The van der Waals surface area contributed by atoms with Gasteiger partial charge in [-0.3, -0.25) is 0 Å². The van der Waals surface area contributed by atoms with Crippen LogP contribution < -0.4 is 0 Å². The van der Waals surface area contributed by atoms with Crippen molar-refractivity contribution in [1.29, 1.82) is 0 Å². The molecular formula is C57H40N2. The largest absolute Gasteiger partial charge is 0.228 e. The number of rotatable bonds is 6. The Morgan fingerprint density at radius 2 is 0.831 bits per heavy atom. The van der Waals surface area contributed by atoms with Crippen molar-refractivity contribution in [3.8, 4) is 78.4 Å². The van der Waals surface area contributed by atoms with E-state index in [2.05, 4.69) is 220 Å². The molecule has 1 aliphatic rings. The zero-order chi connectivity index (χ0) is 39.5. The van der Waals surface area contributed by atoms with Crippen molar-refractivity contribution in [2.24, 2.45) is 0 Å². The predicted molar refractivity (Wildman–Crippen MR) is 247 cm³/mol. The third-order valence-corrected chi connectivity index (χ3v) is 12.3. The molecular weight excluding hydrogens is 713 g/mol. The third-order valence-electron chi connectivity index (χ3n) is 12.3. The fourth-order valence-electron chi connectivity index (χ4n) is 9.22. The van der Waals surface area contributed by atoms with Crippen molar-refractivity contribution < 1.29 is 0 Å². The van der Waals surface area contributed by atoms with E-state index in [9.17, 15) is 0 Å². The van der Waals surface area contributed by atoms with Crippen molar-refractivity contribution in [3.63, 3.8) is 0 Å². The van der Waals surface area contributed by atoms with Crippen molar-refractivity contribution in [2.75, 3.05) is 0 Å². The van der Waals surface area contributed by atoms with Gasteiger partial charge in [-0.1, -0.05) is 196 Å². The van der Waals surface area contributed by atoms with E-state index in [1.807, 2.05) is 0 Å². The second kappa shape index (κ2) is 13.9. The van der Waals surface area contributed by atoms with Crippen LogP contribution in [0.25, 0.3) is 100.0 Å². The fraction of sp³-hybridized carbons (Fsp3) is 0.0526. The lowest BCUT2D eigenvalue weighted by Gasteiger charge is -2.22. The Morgan fingerprint density at radius 3 is 1.44 bits per heavy atom. The summed E-state index contributed by atoms with van der Waals surface area (Å²) >= 11 is 0. The molecule has 2 heteroatoms. The minimum absolute atomic E-state index is 0.170. The average Bonchev–Trinajstić information content (AvgIpc) is 3.53. The van der Waals surface area contributed by atoms with Gasteiger partial charge in [0.25, 0.3) is 0 Å². The monoisotopic (exact) mass is 752 g/mol. The van der Waals surface area contributed by atoms with Crippen LogP contribution in [0.1, 0.15) is 25.0 Å². The number of benzene rings is 9. The molecule has 0 fully saturated rings. The Bertz CT molecular complexity index is 3100. The molecule has 0 atom stereocenters. The van der Waals surface area contributed by atoms with Gasteiger partial charge in [-0.15, -0.1) is 0 Å². The van der Waals surface area contributed by atoms with E-state index in [4.69, 9.17) is 9.97 Å². The Hall–Kier alpha value is -7.42. The Kier molecular flexibility index (Phi) is 8.20. The maximum Gasteiger partial charge on any atom is 0.161 e. The molecule has 1 aromatic heterocycles. The van der Waals surface area contributed by atoms with Gasteiger partial charge >= 0.3 is 0 Å². The van der Waals surface area contributed by atoms with Gasteiger partial charge in [0, 0.05) is 27.7 Å².